The maximum atomic E-state index is 13.8. The van der Waals surface area contributed by atoms with Crippen LogP contribution in [0.5, 0.6) is 0 Å². The summed E-state index contributed by atoms with van der Waals surface area (Å²) in [6, 6.07) is 0.691. The molecule has 6 rings (SSSR count). The highest BCUT2D eigenvalue weighted by atomic mass is 16.7. The number of piperidine rings is 1. The van der Waals surface area contributed by atoms with Gasteiger partial charge in [0.05, 0.1) is 12.7 Å². The van der Waals surface area contributed by atoms with Crippen LogP contribution in [0.3, 0.4) is 0 Å². The molecule has 42 heavy (non-hydrogen) atoms. The van der Waals surface area contributed by atoms with Crippen molar-refractivity contribution in [1.82, 2.24) is 4.90 Å². The fraction of sp³-hybridized carbons (Fsp3) is 0.971. The normalized spacial score (nSPS) is 54.1. The van der Waals surface area contributed by atoms with Crippen molar-refractivity contribution in [3.05, 3.63) is 0 Å². The quantitative estimate of drug-likeness (QED) is 0.360. The Hall–Kier alpha value is -0.610. The summed E-state index contributed by atoms with van der Waals surface area (Å²) in [6.07, 6.45) is 2.80. The van der Waals surface area contributed by atoms with E-state index >= 15 is 0 Å². The number of aliphatic hydroxyl groups is 4. The number of aliphatic hydroxyl groups excluding tert-OH is 4. The number of Topliss-reactive ketones (excluding diaryl/α,β-unsaturated/α-hetero) is 1. The molecule has 2 saturated heterocycles. The van der Waals surface area contributed by atoms with Gasteiger partial charge in [-0.25, -0.2) is 0 Å². The van der Waals surface area contributed by atoms with Crippen LogP contribution in [0.25, 0.3) is 0 Å². The van der Waals surface area contributed by atoms with E-state index in [0.717, 1.165) is 24.7 Å². The Morgan fingerprint density at radius 2 is 1.76 bits per heavy atom. The number of nitrogens with zero attached hydrogens (tertiary/aromatic N) is 1. The molecule has 0 aromatic rings. The zero-order valence-corrected chi connectivity index (χ0v) is 26.5. The van der Waals surface area contributed by atoms with Gasteiger partial charge in [0.15, 0.2) is 6.29 Å². The van der Waals surface area contributed by atoms with Crippen molar-refractivity contribution >= 4 is 5.78 Å². The van der Waals surface area contributed by atoms with Crippen molar-refractivity contribution in [2.45, 2.75) is 128 Å². The van der Waals surface area contributed by atoms with E-state index in [1.165, 1.54) is 38.6 Å². The maximum absolute atomic E-state index is 13.8. The van der Waals surface area contributed by atoms with Crippen molar-refractivity contribution < 1.29 is 34.7 Å². The van der Waals surface area contributed by atoms with E-state index in [4.69, 9.17) is 9.47 Å². The monoisotopic (exact) mass is 591 g/mol. The van der Waals surface area contributed by atoms with Crippen LogP contribution in [0.1, 0.15) is 85.5 Å². The topological polar surface area (TPSA) is 120 Å². The number of ether oxygens (including phenoxy) is 2. The first-order chi connectivity index (χ1) is 19.9. The van der Waals surface area contributed by atoms with Gasteiger partial charge in [-0.15, -0.1) is 0 Å². The van der Waals surface area contributed by atoms with Crippen LogP contribution in [-0.4, -0.2) is 94.2 Å². The molecule has 0 amide bonds. The van der Waals surface area contributed by atoms with Gasteiger partial charge in [-0.1, -0.05) is 27.7 Å². The number of hydrogen-bond acceptors (Lipinski definition) is 8. The summed E-state index contributed by atoms with van der Waals surface area (Å²) < 4.78 is 11.8. The molecule has 6 aliphatic rings. The summed E-state index contributed by atoms with van der Waals surface area (Å²) in [5, 5.41) is 40.4. The molecule has 8 nitrogen and oxygen atoms in total. The molecule has 4 aliphatic carbocycles. The Labute approximate surface area is 252 Å². The molecular weight excluding hydrogens is 534 g/mol. The molecule has 0 aromatic carbocycles. The van der Waals surface area contributed by atoms with E-state index in [9.17, 15) is 25.2 Å². The Kier molecular flexibility index (Phi) is 8.93. The highest BCUT2D eigenvalue weighted by Gasteiger charge is 2.62. The Bertz CT molecular complexity index is 978. The Balaban J connectivity index is 1.12. The summed E-state index contributed by atoms with van der Waals surface area (Å²) in [7, 11) is 2.33. The van der Waals surface area contributed by atoms with Crippen LogP contribution in [0.4, 0.5) is 0 Å². The van der Waals surface area contributed by atoms with Gasteiger partial charge in [-0.2, -0.15) is 0 Å². The highest BCUT2D eigenvalue weighted by molar-refractivity contribution is 5.83. The molecule has 240 valence electrons. The second kappa shape index (κ2) is 12.0. The average molecular weight is 592 g/mol. The van der Waals surface area contributed by atoms with Crippen molar-refractivity contribution in [2.75, 3.05) is 20.2 Å². The fourth-order valence-corrected chi connectivity index (χ4v) is 11.5. The number of carbonyl (C=O) groups is 1. The molecule has 4 saturated carbocycles. The smallest absolute Gasteiger partial charge is 0.186 e. The molecule has 2 aliphatic heterocycles. The lowest BCUT2D eigenvalue weighted by molar-refractivity contribution is -0.315. The SMILES string of the molecule is CC1CCC(C(C)C2CCC3C(CC4C3CC(=O)C3CC(OC5OC(CO)C(O)C(O)C5O)CCC34C)C2C)N(C)C1. The van der Waals surface area contributed by atoms with Crippen molar-refractivity contribution in [3.63, 3.8) is 0 Å². The van der Waals surface area contributed by atoms with Gasteiger partial charge < -0.3 is 34.8 Å². The lowest BCUT2D eigenvalue weighted by Crippen LogP contribution is -2.60. The minimum atomic E-state index is -1.45. The molecule has 0 spiro atoms. The second-order valence-corrected chi connectivity index (χ2v) is 15.9. The molecule has 4 N–H and O–H groups in total. The number of carbonyl (C=O) groups excluding carboxylic acids is 1. The molecule has 6 fully saturated rings. The third-order valence-electron chi connectivity index (χ3n) is 13.9. The van der Waals surface area contributed by atoms with Crippen LogP contribution < -0.4 is 0 Å². The predicted octanol–water partition coefficient (Wildman–Crippen LogP) is 3.23. The number of likely N-dealkylation sites (tertiary alicyclic amines) is 1. The molecule has 17 unspecified atom stereocenters. The van der Waals surface area contributed by atoms with Gasteiger partial charge in [0.2, 0.25) is 0 Å². The van der Waals surface area contributed by atoms with Crippen LogP contribution in [0.2, 0.25) is 0 Å². The summed E-state index contributed by atoms with van der Waals surface area (Å²) in [6.45, 7) is 10.6. The zero-order chi connectivity index (χ0) is 30.1. The van der Waals surface area contributed by atoms with Crippen LogP contribution >= 0.6 is 0 Å². The summed E-state index contributed by atoms with van der Waals surface area (Å²) in [4.78, 5) is 16.5. The fourth-order valence-electron chi connectivity index (χ4n) is 11.5. The third kappa shape index (κ3) is 5.23. The molecule has 0 bridgehead atoms. The average Bonchev–Trinajstić information content (AvgIpc) is 3.34. The van der Waals surface area contributed by atoms with E-state index in [-0.39, 0.29) is 17.4 Å². The summed E-state index contributed by atoms with van der Waals surface area (Å²) >= 11 is 0. The second-order valence-electron chi connectivity index (χ2n) is 15.9. The summed E-state index contributed by atoms with van der Waals surface area (Å²) in [5.74, 6) is 5.72. The van der Waals surface area contributed by atoms with Gasteiger partial charge in [-0.3, -0.25) is 4.79 Å². The van der Waals surface area contributed by atoms with Gasteiger partial charge in [0.1, 0.15) is 30.2 Å². The van der Waals surface area contributed by atoms with Crippen molar-refractivity contribution in [3.8, 4) is 0 Å². The van der Waals surface area contributed by atoms with Crippen LogP contribution in [-0.2, 0) is 14.3 Å². The van der Waals surface area contributed by atoms with Gasteiger partial charge in [-0.05, 0) is 111 Å². The number of rotatable bonds is 5. The third-order valence-corrected chi connectivity index (χ3v) is 13.9. The minimum Gasteiger partial charge on any atom is -0.394 e. The standard InChI is InChI=1S/C34H57NO7/c1-17-6-9-27(35(5)15-17)19(3)21-7-8-22-23(18(21)2)13-25-24(22)14-28(37)26-12-20(10-11-34(25,26)4)41-33-32(40)31(39)30(38)29(16-36)42-33/h17-27,29-33,36,38-40H,6-16H2,1-5H3. The first-order valence-electron chi connectivity index (χ1n) is 17.1. The molecule has 0 radical (unpaired) electrons. The zero-order valence-electron chi connectivity index (χ0n) is 26.5. The Morgan fingerprint density at radius 1 is 1.00 bits per heavy atom. The van der Waals surface area contributed by atoms with E-state index in [0.29, 0.717) is 60.2 Å². The highest BCUT2D eigenvalue weighted by Crippen LogP contribution is 2.65. The molecule has 2 heterocycles. The predicted molar refractivity (Wildman–Crippen MR) is 158 cm³/mol. The Morgan fingerprint density at radius 3 is 2.48 bits per heavy atom. The molecule has 0 aromatic heterocycles. The van der Waals surface area contributed by atoms with Gasteiger partial charge in [0, 0.05) is 24.9 Å². The van der Waals surface area contributed by atoms with Crippen molar-refractivity contribution in [2.24, 2.45) is 58.7 Å². The van der Waals surface area contributed by atoms with Crippen molar-refractivity contribution in [1.29, 1.82) is 0 Å². The number of hydrogen-bond donors (Lipinski definition) is 4. The van der Waals surface area contributed by atoms with Gasteiger partial charge in [0.25, 0.3) is 0 Å². The molecular formula is C34H57NO7. The summed E-state index contributed by atoms with van der Waals surface area (Å²) in [5.41, 5.74) is -0.0346. The van der Waals surface area contributed by atoms with E-state index < -0.39 is 37.3 Å². The largest absolute Gasteiger partial charge is 0.394 e. The van der Waals surface area contributed by atoms with Crippen LogP contribution in [0.15, 0.2) is 0 Å². The maximum Gasteiger partial charge on any atom is 0.186 e. The number of fused-ring (bicyclic) bond motifs is 5. The number of ketones is 1. The minimum absolute atomic E-state index is 0.0346. The molecule has 17 atom stereocenters. The van der Waals surface area contributed by atoms with E-state index in [2.05, 4.69) is 39.6 Å². The van der Waals surface area contributed by atoms with Crippen LogP contribution in [0, 0.1) is 58.7 Å². The van der Waals surface area contributed by atoms with Gasteiger partial charge >= 0.3 is 0 Å². The molecule has 8 heteroatoms. The first-order valence-corrected chi connectivity index (χ1v) is 17.1. The van der Waals surface area contributed by atoms with E-state index in [1.807, 2.05) is 0 Å². The lowest BCUT2D eigenvalue weighted by Gasteiger charge is -2.53. The lowest BCUT2D eigenvalue weighted by atomic mass is 9.51. The first kappa shape index (κ1) is 31.4. The van der Waals surface area contributed by atoms with E-state index in [1.54, 1.807) is 0 Å².